The summed E-state index contributed by atoms with van der Waals surface area (Å²) in [7, 11) is -3.84. The predicted octanol–water partition coefficient (Wildman–Crippen LogP) is 3.01. The van der Waals surface area contributed by atoms with Crippen LogP contribution in [0.5, 0.6) is 0 Å². The number of sulfonamides is 1. The highest BCUT2D eigenvalue weighted by molar-refractivity contribution is 7.92. The van der Waals surface area contributed by atoms with Gasteiger partial charge in [0.2, 0.25) is 15.8 Å². The summed E-state index contributed by atoms with van der Waals surface area (Å²) in [6.45, 7) is 1.65. The van der Waals surface area contributed by atoms with E-state index in [1.54, 1.807) is 13.0 Å². The fourth-order valence-corrected chi connectivity index (χ4v) is 4.26. The number of pyridine rings is 1. The Hall–Kier alpha value is -3.67. The zero-order chi connectivity index (χ0) is 22.2. The second-order valence-electron chi connectivity index (χ2n) is 6.68. The number of anilines is 1. The maximum atomic E-state index is 15.0. The highest BCUT2D eigenvalue weighted by atomic mass is 32.2. The molecule has 4 rings (SSSR count). The number of nitrogens with zero attached hydrogens (tertiary/aromatic N) is 3. The topological polar surface area (TPSA) is 133 Å². The SMILES string of the molecule is CCCS(=O)(=O)Nc1ccc(F)c(C(=O)c2c[nH]c3ncc(-c4nc[nH]n4)cc23)c1F. The molecule has 0 atom stereocenters. The molecule has 1 aromatic carbocycles. The molecule has 0 aliphatic rings. The number of hydrogen-bond acceptors (Lipinski definition) is 6. The number of fused-ring (bicyclic) bond motifs is 1. The Kier molecular flexibility index (Phi) is 5.23. The summed E-state index contributed by atoms with van der Waals surface area (Å²) >= 11 is 0. The molecule has 0 unspecified atom stereocenters. The number of carbonyl (C=O) groups excluding carboxylic acids is 1. The Balaban J connectivity index is 1.79. The molecule has 12 heteroatoms. The van der Waals surface area contributed by atoms with Crippen molar-refractivity contribution in [2.45, 2.75) is 13.3 Å². The van der Waals surface area contributed by atoms with Crippen LogP contribution in [0.2, 0.25) is 0 Å². The van der Waals surface area contributed by atoms with Gasteiger partial charge in [-0.25, -0.2) is 27.2 Å². The lowest BCUT2D eigenvalue weighted by atomic mass is 10.0. The Morgan fingerprint density at radius 2 is 2.03 bits per heavy atom. The van der Waals surface area contributed by atoms with Crippen molar-refractivity contribution in [3.63, 3.8) is 0 Å². The van der Waals surface area contributed by atoms with Gasteiger partial charge in [-0.3, -0.25) is 14.6 Å². The first-order valence-corrected chi connectivity index (χ1v) is 10.8. The van der Waals surface area contributed by atoms with Crippen LogP contribution >= 0.6 is 0 Å². The van der Waals surface area contributed by atoms with E-state index < -0.39 is 38.7 Å². The maximum absolute atomic E-state index is 15.0. The Morgan fingerprint density at radius 1 is 1.23 bits per heavy atom. The van der Waals surface area contributed by atoms with Gasteiger partial charge in [0.05, 0.1) is 17.0 Å². The fraction of sp³-hybridized carbons (Fsp3) is 0.158. The molecular formula is C19H16F2N6O3S. The van der Waals surface area contributed by atoms with Crippen LogP contribution in [-0.4, -0.2) is 45.1 Å². The normalized spacial score (nSPS) is 11.7. The largest absolute Gasteiger partial charge is 0.345 e. The lowest BCUT2D eigenvalue weighted by Crippen LogP contribution is -2.18. The molecule has 9 nitrogen and oxygen atoms in total. The van der Waals surface area contributed by atoms with E-state index in [9.17, 15) is 17.6 Å². The summed E-state index contributed by atoms with van der Waals surface area (Å²) in [5.74, 6) is -3.29. The van der Waals surface area contributed by atoms with Gasteiger partial charge in [0.15, 0.2) is 11.6 Å². The zero-order valence-electron chi connectivity index (χ0n) is 16.1. The van der Waals surface area contributed by atoms with Crippen molar-refractivity contribution in [3.8, 4) is 11.4 Å². The summed E-state index contributed by atoms with van der Waals surface area (Å²) in [6, 6.07) is 3.35. The van der Waals surface area contributed by atoms with E-state index in [2.05, 4.69) is 29.9 Å². The number of carbonyl (C=O) groups is 1. The molecule has 0 bridgehead atoms. The van der Waals surface area contributed by atoms with Gasteiger partial charge in [-0.1, -0.05) is 6.92 Å². The van der Waals surface area contributed by atoms with E-state index in [1.807, 2.05) is 0 Å². The van der Waals surface area contributed by atoms with Crippen molar-refractivity contribution < 1.29 is 22.0 Å². The molecule has 160 valence electrons. The molecule has 3 heterocycles. The highest BCUT2D eigenvalue weighted by Gasteiger charge is 2.26. The Bertz CT molecular complexity index is 1380. The van der Waals surface area contributed by atoms with E-state index in [4.69, 9.17) is 0 Å². The van der Waals surface area contributed by atoms with Crippen LogP contribution in [0.25, 0.3) is 22.4 Å². The molecule has 31 heavy (non-hydrogen) atoms. The summed E-state index contributed by atoms with van der Waals surface area (Å²) in [6.07, 6.45) is 4.45. The molecule has 0 aliphatic heterocycles. The van der Waals surface area contributed by atoms with Gasteiger partial charge in [-0.15, -0.1) is 0 Å². The fourth-order valence-electron chi connectivity index (χ4n) is 3.12. The molecule has 0 aliphatic carbocycles. The van der Waals surface area contributed by atoms with Crippen molar-refractivity contribution >= 4 is 32.5 Å². The number of ketones is 1. The third kappa shape index (κ3) is 3.89. The van der Waals surface area contributed by atoms with E-state index >= 15 is 4.39 Å². The number of nitrogens with one attached hydrogen (secondary N) is 3. The molecule has 4 aromatic rings. The van der Waals surface area contributed by atoms with Crippen molar-refractivity contribution in [1.29, 1.82) is 0 Å². The van der Waals surface area contributed by atoms with E-state index in [0.29, 0.717) is 28.8 Å². The quantitative estimate of drug-likeness (QED) is 0.374. The third-order valence-electron chi connectivity index (χ3n) is 4.51. The Labute approximate surface area is 175 Å². The van der Waals surface area contributed by atoms with Crippen LogP contribution < -0.4 is 4.72 Å². The molecule has 0 spiro atoms. The smallest absolute Gasteiger partial charge is 0.232 e. The molecular weight excluding hydrogens is 430 g/mol. The molecule has 0 amide bonds. The maximum Gasteiger partial charge on any atom is 0.232 e. The number of aromatic amines is 2. The number of halogens is 2. The number of hydrogen-bond donors (Lipinski definition) is 3. The van der Waals surface area contributed by atoms with Gasteiger partial charge >= 0.3 is 0 Å². The van der Waals surface area contributed by atoms with Crippen LogP contribution in [0.1, 0.15) is 29.3 Å². The lowest BCUT2D eigenvalue weighted by molar-refractivity contribution is 0.103. The first-order valence-electron chi connectivity index (χ1n) is 9.17. The average Bonchev–Trinajstić information content (AvgIpc) is 3.39. The molecule has 0 saturated heterocycles. The van der Waals surface area contributed by atoms with Gasteiger partial charge in [-0.05, 0) is 24.6 Å². The van der Waals surface area contributed by atoms with Gasteiger partial charge in [0, 0.05) is 28.9 Å². The van der Waals surface area contributed by atoms with Crippen LogP contribution in [0.15, 0.2) is 36.9 Å². The Morgan fingerprint density at radius 3 is 2.74 bits per heavy atom. The zero-order valence-corrected chi connectivity index (χ0v) is 16.9. The predicted molar refractivity (Wildman–Crippen MR) is 109 cm³/mol. The lowest BCUT2D eigenvalue weighted by Gasteiger charge is -2.11. The van der Waals surface area contributed by atoms with Gasteiger partial charge < -0.3 is 4.98 Å². The van der Waals surface area contributed by atoms with E-state index in [0.717, 1.165) is 12.1 Å². The van der Waals surface area contributed by atoms with Crippen molar-refractivity contribution in [1.82, 2.24) is 25.1 Å². The summed E-state index contributed by atoms with van der Waals surface area (Å²) in [4.78, 5) is 24.0. The highest BCUT2D eigenvalue weighted by Crippen LogP contribution is 2.28. The van der Waals surface area contributed by atoms with Crippen molar-refractivity contribution in [2.75, 3.05) is 10.5 Å². The average molecular weight is 446 g/mol. The first-order chi connectivity index (χ1) is 14.8. The summed E-state index contributed by atoms with van der Waals surface area (Å²) < 4.78 is 55.5. The van der Waals surface area contributed by atoms with E-state index in [1.165, 1.54) is 18.7 Å². The van der Waals surface area contributed by atoms with E-state index in [-0.39, 0.29) is 11.3 Å². The monoisotopic (exact) mass is 446 g/mol. The van der Waals surface area contributed by atoms with Gasteiger partial charge in [-0.2, -0.15) is 5.10 Å². The number of aromatic nitrogens is 5. The minimum absolute atomic E-state index is 0.0359. The summed E-state index contributed by atoms with van der Waals surface area (Å²) in [5, 5.41) is 6.81. The van der Waals surface area contributed by atoms with Gasteiger partial charge in [0.25, 0.3) is 0 Å². The molecule has 0 saturated carbocycles. The molecule has 0 fully saturated rings. The second-order valence-corrected chi connectivity index (χ2v) is 8.52. The van der Waals surface area contributed by atoms with Crippen molar-refractivity contribution in [3.05, 3.63) is 59.7 Å². The standard InChI is InChI=1S/C19H16F2N6O3S/c1-2-5-31(29,30)27-14-4-3-13(20)15(16(14)21)17(28)12-8-23-19-11(12)6-10(7-22-19)18-24-9-25-26-18/h3-4,6-9,27H,2,5H2,1H3,(H,22,23)(H,24,25,26). The first kappa shape index (κ1) is 20.6. The summed E-state index contributed by atoms with van der Waals surface area (Å²) in [5.41, 5.74) is -0.600. The van der Waals surface area contributed by atoms with Crippen LogP contribution in [-0.2, 0) is 10.0 Å². The number of benzene rings is 1. The van der Waals surface area contributed by atoms with Gasteiger partial charge in [0.1, 0.15) is 17.8 Å². The van der Waals surface area contributed by atoms with Crippen LogP contribution in [0, 0.1) is 11.6 Å². The van der Waals surface area contributed by atoms with Crippen LogP contribution in [0.4, 0.5) is 14.5 Å². The molecule has 3 N–H and O–H groups in total. The minimum Gasteiger partial charge on any atom is -0.345 e. The third-order valence-corrected chi connectivity index (χ3v) is 5.98. The number of H-pyrrole nitrogens is 2. The van der Waals surface area contributed by atoms with Crippen LogP contribution in [0.3, 0.4) is 0 Å². The second kappa shape index (κ2) is 7.87. The minimum atomic E-state index is -3.84. The number of rotatable bonds is 7. The molecule has 0 radical (unpaired) electrons. The van der Waals surface area contributed by atoms with Crippen molar-refractivity contribution in [2.24, 2.45) is 0 Å². The molecule has 3 aromatic heterocycles.